The molecule has 0 unspecified atom stereocenters. The van der Waals surface area contributed by atoms with E-state index in [1.165, 1.54) is 0 Å². The number of rotatable bonds is 0. The van der Waals surface area contributed by atoms with Crippen molar-refractivity contribution in [3.63, 3.8) is 0 Å². The van der Waals surface area contributed by atoms with Gasteiger partial charge in [-0.25, -0.2) is 9.78 Å². The Bertz CT molecular complexity index is 503. The molecule has 0 fully saturated rings. The Morgan fingerprint density at radius 1 is 1.44 bits per heavy atom. The molecule has 0 bridgehead atoms. The highest BCUT2D eigenvalue weighted by atomic mass is 16.2. The van der Waals surface area contributed by atoms with Crippen LogP contribution in [0.25, 0.3) is 0 Å². The molecule has 0 spiro atoms. The molecule has 0 N–H and O–H groups in total. The molecule has 0 aromatic carbocycles. The van der Waals surface area contributed by atoms with E-state index < -0.39 is 0 Å². The van der Waals surface area contributed by atoms with Crippen molar-refractivity contribution in [1.82, 2.24) is 14.5 Å². The summed E-state index contributed by atoms with van der Waals surface area (Å²) in [6.45, 7) is 2.66. The first-order chi connectivity index (χ1) is 7.59. The van der Waals surface area contributed by atoms with Crippen molar-refractivity contribution >= 4 is 17.7 Å². The lowest BCUT2D eigenvalue weighted by Crippen LogP contribution is -2.49. The van der Waals surface area contributed by atoms with Crippen LogP contribution in [-0.4, -0.2) is 46.0 Å². The van der Waals surface area contributed by atoms with E-state index in [2.05, 4.69) is 9.98 Å². The fourth-order valence-electron chi connectivity index (χ4n) is 2.22. The van der Waals surface area contributed by atoms with Crippen LogP contribution in [0.15, 0.2) is 11.3 Å². The molecule has 6 heteroatoms. The maximum Gasteiger partial charge on any atom is 0.331 e. The average molecular weight is 219 g/mol. The van der Waals surface area contributed by atoms with E-state index >= 15 is 0 Å². The lowest BCUT2D eigenvalue weighted by Gasteiger charge is -2.30. The SMILES string of the molecule is C[C@@H]1CN2C(=O)N(C)c3ncn(C)c3C2=N1. The predicted octanol–water partition coefficient (Wildman–Crippen LogP) is 0.441. The van der Waals surface area contributed by atoms with Gasteiger partial charge in [0.1, 0.15) is 5.69 Å². The lowest BCUT2D eigenvalue weighted by atomic mass is 10.3. The van der Waals surface area contributed by atoms with Crippen molar-refractivity contribution in [2.24, 2.45) is 12.0 Å². The van der Waals surface area contributed by atoms with Crippen LogP contribution in [0.1, 0.15) is 12.6 Å². The summed E-state index contributed by atoms with van der Waals surface area (Å²) in [6.07, 6.45) is 1.71. The minimum absolute atomic E-state index is 0.0469. The largest absolute Gasteiger partial charge is 0.331 e. The van der Waals surface area contributed by atoms with Crippen LogP contribution >= 0.6 is 0 Å². The summed E-state index contributed by atoms with van der Waals surface area (Å²) in [6, 6.07) is 0.113. The molecule has 84 valence electrons. The summed E-state index contributed by atoms with van der Waals surface area (Å²) >= 11 is 0. The van der Waals surface area contributed by atoms with Crippen molar-refractivity contribution in [2.75, 3.05) is 18.5 Å². The number of carbonyl (C=O) groups is 1. The molecule has 6 nitrogen and oxygen atoms in total. The monoisotopic (exact) mass is 219 g/mol. The minimum Gasteiger partial charge on any atom is -0.329 e. The maximum absolute atomic E-state index is 12.0. The Morgan fingerprint density at radius 3 is 2.94 bits per heavy atom. The van der Waals surface area contributed by atoms with Gasteiger partial charge >= 0.3 is 6.03 Å². The van der Waals surface area contributed by atoms with Crippen molar-refractivity contribution < 1.29 is 4.79 Å². The molecule has 0 saturated heterocycles. The molecular formula is C10H13N5O. The number of hydrogen-bond donors (Lipinski definition) is 0. The number of imidazole rings is 1. The third-order valence-corrected chi connectivity index (χ3v) is 3.01. The van der Waals surface area contributed by atoms with Gasteiger partial charge in [0, 0.05) is 14.1 Å². The van der Waals surface area contributed by atoms with Crippen LogP contribution in [0, 0.1) is 0 Å². The summed E-state index contributed by atoms with van der Waals surface area (Å²) in [4.78, 5) is 24.1. The number of amidine groups is 1. The first kappa shape index (κ1) is 9.38. The number of carbonyl (C=O) groups excluding carboxylic acids is 1. The molecule has 3 rings (SSSR count). The van der Waals surface area contributed by atoms with Gasteiger partial charge in [-0.2, -0.15) is 0 Å². The number of nitrogens with zero attached hydrogens (tertiary/aromatic N) is 5. The van der Waals surface area contributed by atoms with Crippen LogP contribution < -0.4 is 4.90 Å². The number of hydrogen-bond acceptors (Lipinski definition) is 3. The van der Waals surface area contributed by atoms with Crippen molar-refractivity contribution in [1.29, 1.82) is 0 Å². The summed E-state index contributed by atoms with van der Waals surface area (Å²) in [5.74, 6) is 1.45. The highest BCUT2D eigenvalue weighted by Crippen LogP contribution is 2.29. The van der Waals surface area contributed by atoms with Crippen LogP contribution in [-0.2, 0) is 7.05 Å². The standard InChI is InChI=1S/C10H13N5O/c1-6-4-15-9(12-6)7-8(11-5-13(7)2)14(3)10(15)16/h5-6H,4H2,1-3H3/t6-/m1/s1. The number of urea groups is 1. The molecule has 2 aliphatic heterocycles. The Morgan fingerprint density at radius 2 is 2.19 bits per heavy atom. The zero-order valence-electron chi connectivity index (χ0n) is 9.51. The van der Waals surface area contributed by atoms with Crippen LogP contribution in [0.2, 0.25) is 0 Å². The highest BCUT2D eigenvalue weighted by molar-refractivity contribution is 6.18. The fourth-order valence-corrected chi connectivity index (χ4v) is 2.22. The Balaban J connectivity index is 2.24. The first-order valence-corrected chi connectivity index (χ1v) is 5.24. The summed E-state index contributed by atoms with van der Waals surface area (Å²) in [5.41, 5.74) is 0.923. The number of aliphatic imine (C=N–C) groups is 1. The van der Waals surface area contributed by atoms with Crippen LogP contribution in [0.3, 0.4) is 0 Å². The molecule has 0 radical (unpaired) electrons. The molecule has 1 atom stereocenters. The second-order valence-corrected chi connectivity index (χ2v) is 4.28. The van der Waals surface area contributed by atoms with Crippen molar-refractivity contribution in [3.8, 4) is 0 Å². The third-order valence-electron chi connectivity index (χ3n) is 3.01. The van der Waals surface area contributed by atoms with Crippen molar-refractivity contribution in [2.45, 2.75) is 13.0 Å². The van der Waals surface area contributed by atoms with Gasteiger partial charge in [0.05, 0.1) is 18.9 Å². The van der Waals surface area contributed by atoms with Gasteiger partial charge in [0.2, 0.25) is 0 Å². The molecule has 1 aromatic heterocycles. The van der Waals surface area contributed by atoms with E-state index in [-0.39, 0.29) is 12.1 Å². The van der Waals surface area contributed by atoms with E-state index in [4.69, 9.17) is 0 Å². The summed E-state index contributed by atoms with van der Waals surface area (Å²) < 4.78 is 1.90. The van der Waals surface area contributed by atoms with Gasteiger partial charge < -0.3 is 4.57 Å². The zero-order valence-corrected chi connectivity index (χ0v) is 9.51. The van der Waals surface area contributed by atoms with Gasteiger partial charge in [-0.3, -0.25) is 14.8 Å². The number of amides is 2. The predicted molar refractivity (Wildman–Crippen MR) is 59.7 cm³/mol. The molecule has 16 heavy (non-hydrogen) atoms. The minimum atomic E-state index is -0.0469. The molecule has 2 aliphatic rings. The van der Waals surface area contributed by atoms with Gasteiger partial charge in [-0.15, -0.1) is 0 Å². The smallest absolute Gasteiger partial charge is 0.329 e. The van der Waals surface area contributed by atoms with E-state index in [0.29, 0.717) is 12.4 Å². The molecule has 0 saturated carbocycles. The summed E-state index contributed by atoms with van der Waals surface area (Å²) in [7, 11) is 3.66. The molecular weight excluding hydrogens is 206 g/mol. The summed E-state index contributed by atoms with van der Waals surface area (Å²) in [5, 5.41) is 0. The Hall–Kier alpha value is -1.85. The molecule has 3 heterocycles. The van der Waals surface area contributed by atoms with Gasteiger partial charge in [-0.05, 0) is 6.92 Å². The van der Waals surface area contributed by atoms with Gasteiger partial charge in [0.25, 0.3) is 0 Å². The van der Waals surface area contributed by atoms with Gasteiger partial charge in [-0.1, -0.05) is 0 Å². The second-order valence-electron chi connectivity index (χ2n) is 4.28. The highest BCUT2D eigenvalue weighted by Gasteiger charge is 2.40. The molecule has 1 aromatic rings. The fraction of sp³-hybridized carbons (Fsp3) is 0.500. The number of aromatic nitrogens is 2. The van der Waals surface area contributed by atoms with Gasteiger partial charge in [0.15, 0.2) is 11.7 Å². The van der Waals surface area contributed by atoms with E-state index in [0.717, 1.165) is 11.5 Å². The number of aryl methyl sites for hydroxylation is 1. The van der Waals surface area contributed by atoms with Crippen LogP contribution in [0.4, 0.5) is 10.6 Å². The molecule has 2 amide bonds. The Labute approximate surface area is 93.2 Å². The van der Waals surface area contributed by atoms with Crippen LogP contribution in [0.5, 0.6) is 0 Å². The molecule has 0 aliphatic carbocycles. The number of anilines is 1. The van der Waals surface area contributed by atoms with Crippen molar-refractivity contribution in [3.05, 3.63) is 12.0 Å². The topological polar surface area (TPSA) is 53.7 Å². The lowest BCUT2D eigenvalue weighted by molar-refractivity contribution is 0.228. The van der Waals surface area contributed by atoms with E-state index in [1.807, 2.05) is 18.5 Å². The van der Waals surface area contributed by atoms with E-state index in [1.54, 1.807) is 23.2 Å². The maximum atomic E-state index is 12.0. The van der Waals surface area contributed by atoms with E-state index in [9.17, 15) is 4.79 Å². The second kappa shape index (κ2) is 2.84. The number of fused-ring (bicyclic) bond motifs is 3. The average Bonchev–Trinajstić information content (AvgIpc) is 2.78. The first-order valence-electron chi connectivity index (χ1n) is 5.24. The Kier molecular flexibility index (Phi) is 1.66. The third kappa shape index (κ3) is 0.986. The quantitative estimate of drug-likeness (QED) is 0.635. The normalized spacial score (nSPS) is 23.3. The zero-order chi connectivity index (χ0) is 11.4.